The van der Waals surface area contributed by atoms with Gasteiger partial charge in [0.15, 0.2) is 0 Å². The van der Waals surface area contributed by atoms with Crippen molar-refractivity contribution in [2.45, 2.75) is 13.8 Å². The molecule has 9 nitrogen and oxygen atoms in total. The number of carbonyl (C=O) groups excluding carboxylic acids is 2. The van der Waals surface area contributed by atoms with Gasteiger partial charge in [0, 0.05) is 32.8 Å². The van der Waals surface area contributed by atoms with Crippen LogP contribution in [0.25, 0.3) is 0 Å². The summed E-state index contributed by atoms with van der Waals surface area (Å²) in [7, 11) is 4.61. The maximum atomic E-state index is 11.4. The topological polar surface area (TPSA) is 172 Å². The van der Waals surface area contributed by atoms with Gasteiger partial charge in [-0.15, -0.1) is 0 Å². The number of ether oxygens (including phenoxy) is 2. The van der Waals surface area contributed by atoms with Crippen LogP contribution in [0.1, 0.15) is 34.6 Å². The Labute approximate surface area is 268 Å². The van der Waals surface area contributed by atoms with Crippen LogP contribution in [-0.4, -0.2) is 79.9 Å². The number of nitrogen functional groups attached to an aromatic ring is 2. The molecule has 0 bridgehead atoms. The number of esters is 2. The van der Waals surface area contributed by atoms with Crippen molar-refractivity contribution in [1.29, 1.82) is 0 Å². The zero-order valence-corrected chi connectivity index (χ0v) is 26.8. The molecule has 0 atom stereocenters. The zero-order valence-electron chi connectivity index (χ0n) is 18.0. The summed E-state index contributed by atoms with van der Waals surface area (Å²) in [4.78, 5) is 30.8. The van der Waals surface area contributed by atoms with Crippen LogP contribution < -0.4 is 11.5 Å². The molecule has 0 aliphatic rings. The van der Waals surface area contributed by atoms with Gasteiger partial charge < -0.3 is 36.3 Å². The predicted molar refractivity (Wildman–Crippen MR) is 152 cm³/mol. The van der Waals surface area contributed by atoms with E-state index in [0.717, 1.165) is 0 Å². The van der Waals surface area contributed by atoms with E-state index in [2.05, 4.69) is 8.91 Å². The van der Waals surface area contributed by atoms with Gasteiger partial charge >= 0.3 is 49.7 Å². The predicted octanol–water partition coefficient (Wildman–Crippen LogP) is 5.43. The molecule has 0 fully saturated rings. The number of carbonyl (C=O) groups is 2. The SMILES string of the molecule is CCOC(=O)c1ccc(N)c(I)c1Cl.CCOC(=O)c1ccc(N)cc1Cl.ClI.O=[C-]O.[Ca+2].[OH-]. The normalized spacial score (nSPS) is 8.32. The Hall–Kier alpha value is -0.000260. The van der Waals surface area contributed by atoms with E-state index >= 15 is 0 Å². The van der Waals surface area contributed by atoms with Gasteiger partial charge in [0.25, 0.3) is 0 Å². The summed E-state index contributed by atoms with van der Waals surface area (Å²) in [6.45, 7) is 4.65. The van der Waals surface area contributed by atoms with Crippen molar-refractivity contribution in [1.82, 2.24) is 0 Å². The van der Waals surface area contributed by atoms with Gasteiger partial charge in [0.2, 0.25) is 0 Å². The quantitative estimate of drug-likeness (QED) is 0.120. The molecule has 0 spiro atoms. The summed E-state index contributed by atoms with van der Waals surface area (Å²) in [5.41, 5.74) is 12.9. The summed E-state index contributed by atoms with van der Waals surface area (Å²) in [5.74, 6) is -0.845. The van der Waals surface area contributed by atoms with Crippen molar-refractivity contribution in [3.8, 4) is 0 Å². The summed E-state index contributed by atoms with van der Waals surface area (Å²) in [5, 5.41) is 7.43. The molecule has 0 aliphatic heterocycles. The molecule has 186 valence electrons. The van der Waals surface area contributed by atoms with Crippen molar-refractivity contribution >= 4 is 144 Å². The van der Waals surface area contributed by atoms with Crippen LogP contribution in [0.2, 0.25) is 10.0 Å². The molecule has 0 aromatic heterocycles. The molecule has 15 heteroatoms. The molecule has 2 rings (SSSR count). The minimum atomic E-state index is -0.424. The van der Waals surface area contributed by atoms with Gasteiger partial charge in [0.05, 0.1) is 38.0 Å². The first-order valence-electron chi connectivity index (χ1n) is 8.42. The largest absolute Gasteiger partial charge is 2.00 e. The van der Waals surface area contributed by atoms with Crippen molar-refractivity contribution in [2.24, 2.45) is 0 Å². The molecule has 0 heterocycles. The molecule has 0 amide bonds. The second-order valence-corrected chi connectivity index (χ2v) is 6.97. The van der Waals surface area contributed by atoms with Crippen molar-refractivity contribution in [3.63, 3.8) is 0 Å². The molecule has 0 aliphatic carbocycles. The van der Waals surface area contributed by atoms with Gasteiger partial charge in [-0.2, -0.15) is 0 Å². The van der Waals surface area contributed by atoms with Crippen molar-refractivity contribution in [3.05, 3.63) is 55.1 Å². The Morgan fingerprint density at radius 1 is 1.00 bits per heavy atom. The van der Waals surface area contributed by atoms with Crippen LogP contribution in [0.5, 0.6) is 0 Å². The standard InChI is InChI=1S/C9H9ClINO2.C9H10ClNO2.CHO2.Ca.ClI.H2O/c1-2-14-9(13)5-3-4-6(12)8(11)7(5)10;1-2-13-9(12)7-4-3-6(11)5-8(7)10;2-1-3;;1-2;/h3-4H,2,12H2,1H3;3-5H,2,11H2,1H3;(H,2,3);;;1H2/q;;-1;+2;;/p-1. The van der Waals surface area contributed by atoms with E-state index in [-0.39, 0.29) is 43.2 Å². The number of aliphatic hydroxyl groups excluding tert-OH is 1. The van der Waals surface area contributed by atoms with Crippen LogP contribution in [0.3, 0.4) is 0 Å². The molecule has 0 saturated carbocycles. The number of hydrogen-bond acceptors (Lipinski definition) is 8. The maximum absolute atomic E-state index is 11.4. The molecular formula is C19H21CaCl3I2N2O7. The summed E-state index contributed by atoms with van der Waals surface area (Å²) < 4.78 is 10.3. The van der Waals surface area contributed by atoms with E-state index in [4.69, 9.17) is 54.0 Å². The third kappa shape index (κ3) is 15.9. The molecular weight excluding hydrogens is 768 g/mol. The second kappa shape index (κ2) is 24.7. The van der Waals surface area contributed by atoms with Gasteiger partial charge in [-0.05, 0) is 75.7 Å². The molecule has 6 N–H and O–H groups in total. The molecule has 0 radical (unpaired) electrons. The third-order valence-electron chi connectivity index (χ3n) is 3.10. The Morgan fingerprint density at radius 3 is 1.82 bits per heavy atom. The fourth-order valence-corrected chi connectivity index (χ4v) is 2.82. The Morgan fingerprint density at radius 2 is 1.41 bits per heavy atom. The van der Waals surface area contributed by atoms with Gasteiger partial charge in [0.1, 0.15) is 0 Å². The zero-order chi connectivity index (χ0) is 25.3. The minimum Gasteiger partial charge on any atom is -0.870 e. The van der Waals surface area contributed by atoms with Crippen LogP contribution in [0, 0.1) is 3.57 Å². The van der Waals surface area contributed by atoms with Crippen LogP contribution >= 0.6 is 76.2 Å². The van der Waals surface area contributed by atoms with Gasteiger partial charge in [-0.25, -0.2) is 9.59 Å². The van der Waals surface area contributed by atoms with E-state index in [1.54, 1.807) is 59.6 Å². The number of hydrogen-bond donors (Lipinski definition) is 3. The Bertz CT molecular complexity index is 897. The van der Waals surface area contributed by atoms with E-state index < -0.39 is 11.9 Å². The van der Waals surface area contributed by atoms with Crippen molar-refractivity contribution < 1.29 is 34.4 Å². The Kier molecular flexibility index (Phi) is 29.9. The number of nitrogens with two attached hydrogens (primary N) is 2. The second-order valence-electron chi connectivity index (χ2n) is 5.10. The third-order valence-corrected chi connectivity index (χ3v) is 5.28. The number of halogens is 5. The molecule has 2 aromatic carbocycles. The first-order chi connectivity index (χ1) is 15.1. The Balaban J connectivity index is -0.000000212. The molecule has 0 saturated heterocycles. The first kappa shape index (κ1) is 41.1. The summed E-state index contributed by atoms with van der Waals surface area (Å²) >= 11 is 15.3. The van der Waals surface area contributed by atoms with E-state index in [1.165, 1.54) is 6.07 Å². The summed E-state index contributed by atoms with van der Waals surface area (Å²) in [6.07, 6.45) is 0. The fourth-order valence-electron chi connectivity index (χ4n) is 1.84. The summed E-state index contributed by atoms with van der Waals surface area (Å²) in [6, 6.07) is 7.89. The van der Waals surface area contributed by atoms with Crippen molar-refractivity contribution in [2.75, 3.05) is 24.7 Å². The maximum Gasteiger partial charge on any atom is 2.00 e. The van der Waals surface area contributed by atoms with Gasteiger partial charge in [-0.3, -0.25) is 0 Å². The van der Waals surface area contributed by atoms with Gasteiger partial charge in [-0.1, -0.05) is 29.7 Å². The monoisotopic (exact) mass is 788 g/mol. The van der Waals surface area contributed by atoms with Crippen LogP contribution in [-0.2, 0) is 14.3 Å². The molecule has 0 unspecified atom stereocenters. The molecule has 2 aromatic rings. The number of rotatable bonds is 4. The van der Waals surface area contributed by atoms with Crippen LogP contribution in [0.4, 0.5) is 11.4 Å². The van der Waals surface area contributed by atoms with E-state index in [1.807, 2.05) is 22.6 Å². The fraction of sp³-hybridized carbons (Fsp3) is 0.211. The average Bonchev–Trinajstić information content (AvgIpc) is 2.75. The number of benzene rings is 2. The smallest absolute Gasteiger partial charge is 0.870 e. The van der Waals surface area contributed by atoms with Crippen LogP contribution in [0.15, 0.2) is 30.3 Å². The first-order valence-corrected chi connectivity index (χ1v) is 13.0. The average molecular weight is 790 g/mol. The number of anilines is 2. The molecule has 34 heavy (non-hydrogen) atoms. The van der Waals surface area contributed by atoms with E-state index in [0.29, 0.717) is 55.8 Å². The minimum absolute atomic E-state index is 0. The van der Waals surface area contributed by atoms with E-state index in [9.17, 15) is 9.59 Å².